The quantitative estimate of drug-likeness (QED) is 0.860. The highest BCUT2D eigenvalue weighted by Gasteiger charge is 2.23. The van der Waals surface area contributed by atoms with Crippen molar-refractivity contribution >= 4 is 21.7 Å². The number of carbonyl (C=O) groups is 1. The number of ketones is 1. The van der Waals surface area contributed by atoms with Crippen LogP contribution in [0, 0.1) is 5.92 Å². The summed E-state index contributed by atoms with van der Waals surface area (Å²) in [4.78, 5) is 16.2. The van der Waals surface area contributed by atoms with Crippen LogP contribution in [0.5, 0.6) is 5.88 Å². The molecule has 0 N–H and O–H groups in total. The van der Waals surface area contributed by atoms with Gasteiger partial charge in [-0.25, -0.2) is 4.98 Å². The van der Waals surface area contributed by atoms with E-state index in [4.69, 9.17) is 4.74 Å². The fourth-order valence-corrected chi connectivity index (χ4v) is 2.61. The van der Waals surface area contributed by atoms with E-state index in [0.717, 1.165) is 42.3 Å². The molecular weight excluding hydrogens is 282 g/mol. The Balaban J connectivity index is 2.14. The van der Waals surface area contributed by atoms with Gasteiger partial charge in [0.2, 0.25) is 5.88 Å². The number of nitrogens with zero attached hydrogens (tertiary/aromatic N) is 1. The van der Waals surface area contributed by atoms with E-state index >= 15 is 0 Å². The SMILES string of the molecule is COc1ccc(Br)c(CC2CCCCC2=O)n1. The molecule has 0 spiro atoms. The Kier molecular flexibility index (Phi) is 4.15. The number of pyridine rings is 1. The second-order valence-electron chi connectivity index (χ2n) is 4.40. The Hall–Kier alpha value is -0.900. The molecule has 2 rings (SSSR count). The monoisotopic (exact) mass is 297 g/mol. The fourth-order valence-electron chi connectivity index (χ4n) is 2.23. The van der Waals surface area contributed by atoms with Crippen molar-refractivity contribution in [2.45, 2.75) is 32.1 Å². The molecule has 17 heavy (non-hydrogen) atoms. The summed E-state index contributed by atoms with van der Waals surface area (Å²) in [6, 6.07) is 3.74. The normalized spacial score (nSPS) is 20.4. The van der Waals surface area contributed by atoms with Gasteiger partial charge in [-0.15, -0.1) is 0 Å². The van der Waals surface area contributed by atoms with Gasteiger partial charge in [0.05, 0.1) is 12.8 Å². The van der Waals surface area contributed by atoms with Gasteiger partial charge in [-0.3, -0.25) is 4.79 Å². The van der Waals surface area contributed by atoms with E-state index in [9.17, 15) is 4.79 Å². The average Bonchev–Trinajstić information content (AvgIpc) is 2.35. The second kappa shape index (κ2) is 5.63. The highest BCUT2D eigenvalue weighted by molar-refractivity contribution is 9.10. The molecular formula is C13H16BrNO2. The molecule has 1 unspecified atom stereocenters. The molecule has 1 aromatic rings. The third-order valence-electron chi connectivity index (χ3n) is 3.22. The lowest BCUT2D eigenvalue weighted by Crippen LogP contribution is -2.21. The number of carbonyl (C=O) groups excluding carboxylic acids is 1. The molecule has 1 aromatic heterocycles. The van der Waals surface area contributed by atoms with Gasteiger partial charge in [-0.05, 0) is 34.8 Å². The fraction of sp³-hybridized carbons (Fsp3) is 0.538. The molecule has 1 heterocycles. The van der Waals surface area contributed by atoms with Crippen LogP contribution in [0.1, 0.15) is 31.4 Å². The second-order valence-corrected chi connectivity index (χ2v) is 5.25. The molecule has 3 nitrogen and oxygen atoms in total. The summed E-state index contributed by atoms with van der Waals surface area (Å²) in [7, 11) is 1.60. The summed E-state index contributed by atoms with van der Waals surface area (Å²) < 4.78 is 6.06. The number of hydrogen-bond donors (Lipinski definition) is 0. The summed E-state index contributed by atoms with van der Waals surface area (Å²) in [5, 5.41) is 0. The van der Waals surface area contributed by atoms with E-state index < -0.39 is 0 Å². The summed E-state index contributed by atoms with van der Waals surface area (Å²) in [6.07, 6.45) is 4.63. The summed E-state index contributed by atoms with van der Waals surface area (Å²) in [6.45, 7) is 0. The predicted molar refractivity (Wildman–Crippen MR) is 69.2 cm³/mol. The van der Waals surface area contributed by atoms with Crippen LogP contribution >= 0.6 is 15.9 Å². The van der Waals surface area contributed by atoms with Gasteiger partial charge < -0.3 is 4.74 Å². The van der Waals surface area contributed by atoms with Gasteiger partial charge in [-0.1, -0.05) is 6.42 Å². The Labute approximate surface area is 110 Å². The number of halogens is 1. The lowest BCUT2D eigenvalue weighted by molar-refractivity contribution is -0.124. The lowest BCUT2D eigenvalue weighted by atomic mass is 9.85. The van der Waals surface area contributed by atoms with Gasteiger partial charge in [0.15, 0.2) is 0 Å². The average molecular weight is 298 g/mol. The van der Waals surface area contributed by atoms with Gasteiger partial charge in [0.25, 0.3) is 0 Å². The molecule has 1 aliphatic carbocycles. The molecule has 1 atom stereocenters. The number of hydrogen-bond acceptors (Lipinski definition) is 3. The Morgan fingerprint density at radius 2 is 2.29 bits per heavy atom. The van der Waals surface area contributed by atoms with Crippen molar-refractivity contribution in [2.75, 3.05) is 7.11 Å². The van der Waals surface area contributed by atoms with E-state index in [2.05, 4.69) is 20.9 Å². The highest BCUT2D eigenvalue weighted by Crippen LogP contribution is 2.27. The van der Waals surface area contributed by atoms with Gasteiger partial charge in [0, 0.05) is 29.3 Å². The molecule has 1 fully saturated rings. The molecule has 0 radical (unpaired) electrons. The predicted octanol–water partition coefficient (Wildman–Crippen LogP) is 3.15. The minimum absolute atomic E-state index is 0.139. The van der Waals surface area contributed by atoms with Crippen LogP contribution in [0.25, 0.3) is 0 Å². The third-order valence-corrected chi connectivity index (χ3v) is 3.95. The minimum Gasteiger partial charge on any atom is -0.481 e. The van der Waals surface area contributed by atoms with Crippen molar-refractivity contribution in [3.05, 3.63) is 22.3 Å². The van der Waals surface area contributed by atoms with Crippen LogP contribution in [0.2, 0.25) is 0 Å². The molecule has 0 aliphatic heterocycles. The van der Waals surface area contributed by atoms with Crippen LogP contribution < -0.4 is 4.74 Å². The maximum atomic E-state index is 11.8. The van der Waals surface area contributed by atoms with Crippen molar-refractivity contribution in [3.63, 3.8) is 0 Å². The molecule has 0 saturated heterocycles. The maximum absolute atomic E-state index is 11.8. The summed E-state index contributed by atoms with van der Waals surface area (Å²) in [5.74, 6) is 1.12. The zero-order valence-electron chi connectivity index (χ0n) is 9.91. The van der Waals surface area contributed by atoms with Crippen LogP contribution in [0.15, 0.2) is 16.6 Å². The van der Waals surface area contributed by atoms with Crippen LogP contribution in [0.3, 0.4) is 0 Å². The van der Waals surface area contributed by atoms with Crippen LogP contribution in [-0.4, -0.2) is 17.9 Å². The van der Waals surface area contributed by atoms with Crippen molar-refractivity contribution < 1.29 is 9.53 Å². The van der Waals surface area contributed by atoms with E-state index in [1.54, 1.807) is 7.11 Å². The Bertz CT molecular complexity index is 420. The zero-order chi connectivity index (χ0) is 12.3. The standard InChI is InChI=1S/C13H16BrNO2/c1-17-13-7-6-10(14)11(15-13)8-9-4-2-3-5-12(9)16/h6-7,9H,2-5,8H2,1H3. The van der Waals surface area contributed by atoms with Crippen LogP contribution in [0.4, 0.5) is 0 Å². The molecule has 0 bridgehead atoms. The van der Waals surface area contributed by atoms with Crippen molar-refractivity contribution in [3.8, 4) is 5.88 Å². The molecule has 1 aliphatic rings. The first kappa shape index (κ1) is 12.6. The van der Waals surface area contributed by atoms with Crippen LogP contribution in [-0.2, 0) is 11.2 Å². The van der Waals surface area contributed by atoms with Gasteiger partial charge in [0.1, 0.15) is 5.78 Å². The smallest absolute Gasteiger partial charge is 0.213 e. The minimum atomic E-state index is 0.139. The number of aromatic nitrogens is 1. The van der Waals surface area contributed by atoms with Gasteiger partial charge in [-0.2, -0.15) is 0 Å². The third kappa shape index (κ3) is 3.06. The maximum Gasteiger partial charge on any atom is 0.213 e. The summed E-state index contributed by atoms with van der Waals surface area (Å²) >= 11 is 3.48. The number of Topliss-reactive ketones (excluding diaryl/α,β-unsaturated/α-hetero) is 1. The summed E-state index contributed by atoms with van der Waals surface area (Å²) in [5.41, 5.74) is 0.921. The lowest BCUT2D eigenvalue weighted by Gasteiger charge is -2.20. The van der Waals surface area contributed by atoms with E-state index in [-0.39, 0.29) is 5.92 Å². The molecule has 1 saturated carbocycles. The molecule has 0 amide bonds. The first-order valence-corrected chi connectivity index (χ1v) is 6.72. The Morgan fingerprint density at radius 1 is 1.47 bits per heavy atom. The molecule has 4 heteroatoms. The number of methoxy groups -OCH3 is 1. The van der Waals surface area contributed by atoms with Crippen molar-refractivity contribution in [1.82, 2.24) is 4.98 Å². The van der Waals surface area contributed by atoms with Crippen molar-refractivity contribution in [2.24, 2.45) is 5.92 Å². The first-order valence-electron chi connectivity index (χ1n) is 5.93. The highest BCUT2D eigenvalue weighted by atomic mass is 79.9. The van der Waals surface area contributed by atoms with Crippen molar-refractivity contribution in [1.29, 1.82) is 0 Å². The largest absolute Gasteiger partial charge is 0.481 e. The van der Waals surface area contributed by atoms with E-state index in [1.807, 2.05) is 12.1 Å². The molecule has 92 valence electrons. The van der Waals surface area contributed by atoms with Gasteiger partial charge >= 0.3 is 0 Å². The first-order chi connectivity index (χ1) is 8.20. The topological polar surface area (TPSA) is 39.2 Å². The number of ether oxygens (including phenoxy) is 1. The number of rotatable bonds is 3. The van der Waals surface area contributed by atoms with E-state index in [1.165, 1.54) is 0 Å². The molecule has 0 aromatic carbocycles. The Morgan fingerprint density at radius 3 is 3.00 bits per heavy atom. The van der Waals surface area contributed by atoms with E-state index in [0.29, 0.717) is 11.7 Å². The zero-order valence-corrected chi connectivity index (χ0v) is 11.5.